The molecule has 2 fully saturated rings. The lowest BCUT2D eigenvalue weighted by molar-refractivity contribution is -0.155. The molecule has 108 valence electrons. The van der Waals surface area contributed by atoms with Crippen LogP contribution in [0, 0.1) is 5.41 Å². The van der Waals surface area contributed by atoms with Gasteiger partial charge in [0.05, 0.1) is 11.0 Å². The number of piperidine rings is 1. The van der Waals surface area contributed by atoms with E-state index in [-0.39, 0.29) is 12.5 Å². The minimum absolute atomic E-state index is 0.122. The van der Waals surface area contributed by atoms with Crippen LogP contribution in [0.1, 0.15) is 32.6 Å². The number of aliphatic carboxylic acids is 1. The number of carboxylic acid groups (broad SMARTS) is 1. The van der Waals surface area contributed by atoms with Crippen molar-refractivity contribution in [3.8, 4) is 0 Å². The number of carbonyl (C=O) groups is 2. The highest BCUT2D eigenvalue weighted by molar-refractivity contribution is 5.87. The van der Waals surface area contributed by atoms with E-state index < -0.39 is 16.9 Å². The molecule has 0 aromatic heterocycles. The standard InChI is InChI=1S/C13H22N2O4/c1-12(11(17)18)3-2-6-15(9-12)10(16)13(14)4-7-19-8-5-13/h2-9,14H2,1H3,(H,17,18). The van der Waals surface area contributed by atoms with Crippen LogP contribution in [0.5, 0.6) is 0 Å². The molecular weight excluding hydrogens is 248 g/mol. The summed E-state index contributed by atoms with van der Waals surface area (Å²) in [4.78, 5) is 25.5. The second-order valence-corrected chi connectivity index (χ2v) is 5.96. The van der Waals surface area contributed by atoms with E-state index in [0.717, 1.165) is 0 Å². The molecule has 2 aliphatic rings. The first-order valence-corrected chi connectivity index (χ1v) is 6.77. The quantitative estimate of drug-likeness (QED) is 0.748. The van der Waals surface area contributed by atoms with Gasteiger partial charge in [-0.25, -0.2) is 0 Å². The lowest BCUT2D eigenvalue weighted by atomic mass is 9.80. The molecule has 0 aliphatic carbocycles. The molecule has 6 nitrogen and oxygen atoms in total. The predicted molar refractivity (Wildman–Crippen MR) is 68.5 cm³/mol. The molecule has 0 aromatic rings. The minimum atomic E-state index is -0.880. The van der Waals surface area contributed by atoms with Gasteiger partial charge in [0, 0.05) is 26.3 Å². The van der Waals surface area contributed by atoms with Gasteiger partial charge < -0.3 is 20.5 Å². The normalized spacial score (nSPS) is 30.9. The van der Waals surface area contributed by atoms with E-state index in [1.165, 1.54) is 0 Å². The number of amides is 1. The number of hydrogen-bond acceptors (Lipinski definition) is 4. The third-order valence-electron chi connectivity index (χ3n) is 4.31. The van der Waals surface area contributed by atoms with Crippen molar-refractivity contribution in [1.29, 1.82) is 0 Å². The van der Waals surface area contributed by atoms with Gasteiger partial charge in [-0.1, -0.05) is 0 Å². The van der Waals surface area contributed by atoms with E-state index in [1.54, 1.807) is 11.8 Å². The van der Waals surface area contributed by atoms with Crippen molar-refractivity contribution in [3.05, 3.63) is 0 Å². The van der Waals surface area contributed by atoms with Crippen LogP contribution in [0.4, 0.5) is 0 Å². The molecule has 0 spiro atoms. The van der Waals surface area contributed by atoms with Gasteiger partial charge in [-0.2, -0.15) is 0 Å². The number of nitrogens with two attached hydrogens (primary N) is 1. The molecule has 1 atom stereocenters. The van der Waals surface area contributed by atoms with E-state index in [0.29, 0.717) is 45.4 Å². The Bertz CT molecular complexity index is 379. The van der Waals surface area contributed by atoms with Crippen LogP contribution in [-0.2, 0) is 14.3 Å². The highest BCUT2D eigenvalue weighted by Crippen LogP contribution is 2.32. The number of likely N-dealkylation sites (tertiary alicyclic amines) is 1. The zero-order valence-corrected chi connectivity index (χ0v) is 11.4. The molecule has 1 amide bonds. The molecule has 3 N–H and O–H groups in total. The number of carbonyl (C=O) groups excluding carboxylic acids is 1. The molecule has 0 bridgehead atoms. The van der Waals surface area contributed by atoms with Gasteiger partial charge in [-0.3, -0.25) is 9.59 Å². The maximum Gasteiger partial charge on any atom is 0.311 e. The highest BCUT2D eigenvalue weighted by atomic mass is 16.5. The Morgan fingerprint density at radius 1 is 1.26 bits per heavy atom. The number of hydrogen-bond donors (Lipinski definition) is 2. The molecule has 2 saturated heterocycles. The summed E-state index contributed by atoms with van der Waals surface area (Å²) in [5.41, 5.74) is 4.45. The molecule has 2 rings (SSSR count). The Labute approximate surface area is 112 Å². The van der Waals surface area contributed by atoms with E-state index >= 15 is 0 Å². The SMILES string of the molecule is CC1(C(=O)O)CCCN(C(=O)C2(N)CCOCC2)C1. The van der Waals surface area contributed by atoms with Crippen LogP contribution < -0.4 is 5.73 Å². The topological polar surface area (TPSA) is 92.9 Å². The summed E-state index contributed by atoms with van der Waals surface area (Å²) in [7, 11) is 0. The molecule has 0 radical (unpaired) electrons. The summed E-state index contributed by atoms with van der Waals surface area (Å²) in [6, 6.07) is 0. The van der Waals surface area contributed by atoms with Crippen LogP contribution in [-0.4, -0.2) is 53.7 Å². The molecular formula is C13H22N2O4. The van der Waals surface area contributed by atoms with Crippen molar-refractivity contribution in [3.63, 3.8) is 0 Å². The predicted octanol–water partition coefficient (Wildman–Crippen LogP) is 0.208. The Hall–Kier alpha value is -1.14. The molecule has 1 unspecified atom stereocenters. The zero-order chi connectivity index (χ0) is 14.1. The van der Waals surface area contributed by atoms with Gasteiger partial charge in [0.25, 0.3) is 0 Å². The highest BCUT2D eigenvalue weighted by Gasteiger charge is 2.44. The Morgan fingerprint density at radius 2 is 1.89 bits per heavy atom. The fourth-order valence-electron chi connectivity index (χ4n) is 2.85. The smallest absolute Gasteiger partial charge is 0.311 e. The van der Waals surface area contributed by atoms with Gasteiger partial charge in [0.1, 0.15) is 0 Å². The first kappa shape index (κ1) is 14.3. The first-order chi connectivity index (χ1) is 8.87. The molecule has 2 heterocycles. The van der Waals surface area contributed by atoms with Crippen molar-refractivity contribution in [2.75, 3.05) is 26.3 Å². The van der Waals surface area contributed by atoms with Gasteiger partial charge in [-0.15, -0.1) is 0 Å². The van der Waals surface area contributed by atoms with Crippen LogP contribution in [0.15, 0.2) is 0 Å². The summed E-state index contributed by atoms with van der Waals surface area (Å²) < 4.78 is 5.24. The molecule has 2 aliphatic heterocycles. The average molecular weight is 270 g/mol. The molecule has 6 heteroatoms. The summed E-state index contributed by atoms with van der Waals surface area (Å²) >= 11 is 0. The fourth-order valence-corrected chi connectivity index (χ4v) is 2.85. The summed E-state index contributed by atoms with van der Waals surface area (Å²) in [6.07, 6.45) is 2.33. The summed E-state index contributed by atoms with van der Waals surface area (Å²) in [6.45, 7) is 3.53. The van der Waals surface area contributed by atoms with E-state index in [9.17, 15) is 14.7 Å². The second-order valence-electron chi connectivity index (χ2n) is 5.96. The molecule has 0 saturated carbocycles. The lowest BCUT2D eigenvalue weighted by Gasteiger charge is -2.42. The Balaban J connectivity index is 2.08. The van der Waals surface area contributed by atoms with Gasteiger partial charge in [0.2, 0.25) is 5.91 Å². The maximum atomic E-state index is 12.5. The first-order valence-electron chi connectivity index (χ1n) is 6.77. The largest absolute Gasteiger partial charge is 0.481 e. The maximum absolute atomic E-state index is 12.5. The van der Waals surface area contributed by atoms with E-state index in [4.69, 9.17) is 10.5 Å². The van der Waals surface area contributed by atoms with Gasteiger partial charge in [-0.05, 0) is 32.6 Å². The van der Waals surface area contributed by atoms with Crippen molar-refractivity contribution in [1.82, 2.24) is 4.90 Å². The lowest BCUT2D eigenvalue weighted by Crippen LogP contribution is -2.61. The Kier molecular flexibility index (Phi) is 3.82. The fraction of sp³-hybridized carbons (Fsp3) is 0.846. The third kappa shape index (κ3) is 2.74. The molecule has 0 aromatic carbocycles. The average Bonchev–Trinajstić information content (AvgIpc) is 2.38. The van der Waals surface area contributed by atoms with E-state index in [1.807, 2.05) is 0 Å². The zero-order valence-electron chi connectivity index (χ0n) is 11.4. The third-order valence-corrected chi connectivity index (χ3v) is 4.31. The van der Waals surface area contributed by atoms with Gasteiger partial charge >= 0.3 is 5.97 Å². The van der Waals surface area contributed by atoms with Crippen molar-refractivity contribution >= 4 is 11.9 Å². The van der Waals surface area contributed by atoms with E-state index in [2.05, 4.69) is 0 Å². The van der Waals surface area contributed by atoms with Crippen molar-refractivity contribution < 1.29 is 19.4 Å². The molecule has 19 heavy (non-hydrogen) atoms. The van der Waals surface area contributed by atoms with Gasteiger partial charge in [0.15, 0.2) is 0 Å². The second kappa shape index (κ2) is 5.09. The minimum Gasteiger partial charge on any atom is -0.481 e. The number of ether oxygens (including phenoxy) is 1. The summed E-state index contributed by atoms with van der Waals surface area (Å²) in [5.74, 6) is -0.967. The number of nitrogens with zero attached hydrogens (tertiary/aromatic N) is 1. The van der Waals surface area contributed by atoms with Crippen LogP contribution in [0.3, 0.4) is 0 Å². The van der Waals surface area contributed by atoms with Crippen molar-refractivity contribution in [2.24, 2.45) is 11.1 Å². The number of carboxylic acids is 1. The Morgan fingerprint density at radius 3 is 2.47 bits per heavy atom. The van der Waals surface area contributed by atoms with Crippen LogP contribution >= 0.6 is 0 Å². The summed E-state index contributed by atoms with van der Waals surface area (Å²) in [5, 5.41) is 9.28. The van der Waals surface area contributed by atoms with Crippen LogP contribution in [0.25, 0.3) is 0 Å². The van der Waals surface area contributed by atoms with Crippen molar-refractivity contribution in [2.45, 2.75) is 38.1 Å². The monoisotopic (exact) mass is 270 g/mol. The number of rotatable bonds is 2. The van der Waals surface area contributed by atoms with Crippen LogP contribution in [0.2, 0.25) is 0 Å².